The molecule has 0 bridgehead atoms. The Morgan fingerprint density at radius 1 is 0.857 bits per heavy atom. The summed E-state index contributed by atoms with van der Waals surface area (Å²) in [5.74, 6) is 1.44. The van der Waals surface area contributed by atoms with Crippen molar-refractivity contribution in [1.82, 2.24) is 4.90 Å². The van der Waals surface area contributed by atoms with E-state index in [0.29, 0.717) is 30.5 Å². The zero-order chi connectivity index (χ0) is 35.9. The summed E-state index contributed by atoms with van der Waals surface area (Å²) in [6.45, 7) is 3.68. The van der Waals surface area contributed by atoms with E-state index in [2.05, 4.69) is 36.5 Å². The summed E-state index contributed by atoms with van der Waals surface area (Å²) in [5, 5.41) is 23.7. The molecule has 0 radical (unpaired) electrons. The van der Waals surface area contributed by atoms with Gasteiger partial charge in [-0.05, 0) is 64.4 Å². The number of nitrogens with zero attached hydrogens (tertiary/aromatic N) is 2. The molecule has 260 valence electrons. The molecule has 1 heterocycles. The van der Waals surface area contributed by atoms with E-state index >= 15 is 0 Å². The number of likely N-dealkylation sites (N-methyl/N-ethyl adjacent to an activating group) is 2. The Morgan fingerprint density at radius 3 is 2.08 bits per heavy atom. The second-order valence-corrected chi connectivity index (χ2v) is 12.2. The van der Waals surface area contributed by atoms with Gasteiger partial charge in [0.15, 0.2) is 0 Å². The minimum absolute atomic E-state index is 0.0439. The molecular weight excluding hydrogens is 657 g/mol. The number of carbonyl (C=O) groups excluding carboxylic acids is 2. The summed E-state index contributed by atoms with van der Waals surface area (Å²) in [6, 6.07) is 28.9. The third kappa shape index (κ3) is 10.0. The molecule has 4 N–H and O–H groups in total. The van der Waals surface area contributed by atoms with Crippen molar-refractivity contribution in [3.05, 3.63) is 108 Å². The number of benzene rings is 5. The number of phenols is 2. The van der Waals surface area contributed by atoms with E-state index in [-0.39, 0.29) is 11.7 Å². The number of alkyl halides is 2. The molecule has 5 aromatic carbocycles. The van der Waals surface area contributed by atoms with Crippen molar-refractivity contribution in [3.63, 3.8) is 0 Å². The van der Waals surface area contributed by atoms with Crippen LogP contribution in [0.1, 0.15) is 48.3 Å². The van der Waals surface area contributed by atoms with E-state index in [9.17, 15) is 19.8 Å². The van der Waals surface area contributed by atoms with Crippen molar-refractivity contribution in [1.29, 1.82) is 0 Å². The Labute approximate surface area is 299 Å². The van der Waals surface area contributed by atoms with Crippen LogP contribution in [0.15, 0.2) is 91.0 Å². The van der Waals surface area contributed by atoms with Gasteiger partial charge in [0.1, 0.15) is 17.8 Å². The van der Waals surface area contributed by atoms with Crippen LogP contribution in [0.4, 0.5) is 11.4 Å². The summed E-state index contributed by atoms with van der Waals surface area (Å²) >= 11 is 10.7. The van der Waals surface area contributed by atoms with Gasteiger partial charge in [-0.25, -0.2) is 0 Å². The minimum atomic E-state index is 0.0439. The summed E-state index contributed by atoms with van der Waals surface area (Å²) in [4.78, 5) is 24.9. The third-order valence-electron chi connectivity index (χ3n) is 8.72. The van der Waals surface area contributed by atoms with E-state index in [1.54, 1.807) is 18.0 Å². The number of aromatic hydroxyl groups is 2. The zero-order valence-electron chi connectivity index (χ0n) is 28.7. The standard InChI is InChI=1S/C15H16ClNO2.C13H13NO.C11H15NO.CH3Cl/c1-17(10-18)9-11(8-16)12-6-7-15(19)14-5-3-2-4-13(12)14;1-14-7-6-10-9-4-2-3-5-11(9)13(15)8-12(10)14;1-2-9(6-7-13)10-4-3-5-11(12)8-10;1-2/h2-7,10-11,19H,8-9H2,1H3;2-5,8,15H,6-7H2,1H3;3-5,7-9H,2,6,12H2,1H3;1H3. The van der Waals surface area contributed by atoms with Crippen LogP contribution in [-0.4, -0.2) is 67.3 Å². The van der Waals surface area contributed by atoms with Crippen LogP contribution in [-0.2, 0) is 16.0 Å². The lowest BCUT2D eigenvalue weighted by molar-refractivity contribution is -0.117. The quantitative estimate of drug-likeness (QED) is 0.0806. The summed E-state index contributed by atoms with van der Waals surface area (Å²) in [5.41, 5.74) is 11.2. The first-order chi connectivity index (χ1) is 23.7. The van der Waals surface area contributed by atoms with Crippen molar-refractivity contribution < 1.29 is 19.8 Å². The Hall–Kier alpha value is -4.46. The molecule has 5 aromatic rings. The highest BCUT2D eigenvalue weighted by Crippen LogP contribution is 2.38. The van der Waals surface area contributed by atoms with Gasteiger partial charge >= 0.3 is 0 Å². The fraction of sp³-hybridized carbons (Fsp3) is 0.300. The smallest absolute Gasteiger partial charge is 0.209 e. The van der Waals surface area contributed by atoms with Gasteiger partial charge in [0, 0.05) is 80.0 Å². The largest absolute Gasteiger partial charge is 0.507 e. The number of halogens is 2. The third-order valence-corrected chi connectivity index (χ3v) is 9.10. The highest BCUT2D eigenvalue weighted by molar-refractivity contribution is 6.18. The molecule has 1 aliphatic rings. The second-order valence-electron chi connectivity index (χ2n) is 11.9. The monoisotopic (exact) mass is 703 g/mol. The van der Waals surface area contributed by atoms with E-state index in [1.165, 1.54) is 23.0 Å². The van der Waals surface area contributed by atoms with Gasteiger partial charge < -0.3 is 30.5 Å². The van der Waals surface area contributed by atoms with Crippen molar-refractivity contribution >= 4 is 68.8 Å². The maximum absolute atomic E-state index is 10.7. The summed E-state index contributed by atoms with van der Waals surface area (Å²) < 4.78 is 0. The highest BCUT2D eigenvalue weighted by atomic mass is 35.5. The normalized spacial score (nSPS) is 12.7. The maximum atomic E-state index is 10.7. The number of anilines is 2. The van der Waals surface area contributed by atoms with Crippen LogP contribution in [0.2, 0.25) is 0 Å². The molecule has 0 spiro atoms. The first-order valence-electron chi connectivity index (χ1n) is 16.3. The van der Waals surface area contributed by atoms with E-state index < -0.39 is 0 Å². The van der Waals surface area contributed by atoms with Crippen LogP contribution in [0.5, 0.6) is 11.5 Å². The Kier molecular flexibility index (Phi) is 15.5. The number of amides is 1. The summed E-state index contributed by atoms with van der Waals surface area (Å²) in [7, 11) is 3.80. The molecule has 1 amide bonds. The van der Waals surface area contributed by atoms with Crippen molar-refractivity contribution in [3.8, 4) is 11.5 Å². The molecule has 0 saturated heterocycles. The fourth-order valence-electron chi connectivity index (χ4n) is 6.16. The number of aldehydes is 1. The van der Waals surface area contributed by atoms with Crippen molar-refractivity contribution in [2.75, 3.05) is 50.1 Å². The average Bonchev–Trinajstić information content (AvgIpc) is 3.51. The molecule has 2 atom stereocenters. The Bertz CT molecular complexity index is 1820. The van der Waals surface area contributed by atoms with Crippen LogP contribution in [0.3, 0.4) is 0 Å². The van der Waals surface area contributed by atoms with Crippen molar-refractivity contribution in [2.24, 2.45) is 0 Å². The predicted octanol–water partition coefficient (Wildman–Crippen LogP) is 8.70. The van der Waals surface area contributed by atoms with Gasteiger partial charge in [0.05, 0.1) is 0 Å². The second kappa shape index (κ2) is 19.5. The van der Waals surface area contributed by atoms with Crippen LogP contribution < -0.4 is 10.6 Å². The fourth-order valence-corrected chi connectivity index (χ4v) is 6.42. The Morgan fingerprint density at radius 2 is 1.49 bits per heavy atom. The average molecular weight is 705 g/mol. The van der Waals surface area contributed by atoms with E-state index in [1.807, 2.05) is 78.9 Å². The lowest BCUT2D eigenvalue weighted by Gasteiger charge is -2.21. The molecular formula is C40H47Cl2N3O4. The van der Waals surface area contributed by atoms with Crippen LogP contribution in [0.25, 0.3) is 21.5 Å². The van der Waals surface area contributed by atoms with E-state index in [4.69, 9.17) is 17.3 Å². The first-order valence-corrected chi connectivity index (χ1v) is 17.5. The molecule has 7 nitrogen and oxygen atoms in total. The van der Waals surface area contributed by atoms with Crippen LogP contribution >= 0.6 is 23.2 Å². The molecule has 0 aliphatic carbocycles. The lowest BCUT2D eigenvalue weighted by Crippen LogP contribution is -2.24. The number of carbonyl (C=O) groups is 2. The van der Waals surface area contributed by atoms with Gasteiger partial charge in [0.25, 0.3) is 0 Å². The minimum Gasteiger partial charge on any atom is -0.507 e. The first kappa shape index (κ1) is 39.0. The van der Waals surface area contributed by atoms with Crippen molar-refractivity contribution in [2.45, 2.75) is 38.0 Å². The molecule has 0 fully saturated rings. The van der Waals surface area contributed by atoms with Gasteiger partial charge in [-0.1, -0.05) is 73.7 Å². The number of nitrogen functional groups attached to an aromatic ring is 1. The van der Waals surface area contributed by atoms with E-state index in [0.717, 1.165) is 65.1 Å². The topological polar surface area (TPSA) is 107 Å². The Balaban J connectivity index is 0.000000198. The molecule has 9 heteroatoms. The lowest BCUT2D eigenvalue weighted by atomic mass is 9.94. The highest BCUT2D eigenvalue weighted by Gasteiger charge is 2.20. The number of hydrogen-bond donors (Lipinski definition) is 3. The van der Waals surface area contributed by atoms with Gasteiger partial charge in [-0.2, -0.15) is 0 Å². The number of hydrogen-bond acceptors (Lipinski definition) is 6. The summed E-state index contributed by atoms with van der Waals surface area (Å²) in [6.07, 6.45) is 5.87. The molecule has 6 rings (SSSR count). The number of rotatable bonds is 9. The molecule has 0 aromatic heterocycles. The maximum Gasteiger partial charge on any atom is 0.209 e. The number of fused-ring (bicyclic) bond motifs is 4. The molecule has 1 aliphatic heterocycles. The molecule has 0 saturated carbocycles. The number of phenolic OH excluding ortho intramolecular Hbond substituents is 2. The van der Waals surface area contributed by atoms with Gasteiger partial charge in [-0.15, -0.1) is 23.2 Å². The number of nitrogens with two attached hydrogens (primary N) is 1. The SMILES string of the molecule is CCC(CC=O)c1cccc(N)c1.CCl.CN(C=O)CC(CCl)c1ccc(O)c2ccccc12.CN1CCc2c1cc(O)c1ccccc21. The predicted molar refractivity (Wildman–Crippen MR) is 207 cm³/mol. The molecule has 49 heavy (non-hydrogen) atoms. The zero-order valence-corrected chi connectivity index (χ0v) is 30.2. The van der Waals surface area contributed by atoms with Crippen LogP contribution in [0, 0.1) is 0 Å². The van der Waals surface area contributed by atoms with Gasteiger partial charge in [-0.3, -0.25) is 4.79 Å². The van der Waals surface area contributed by atoms with Gasteiger partial charge in [0.2, 0.25) is 6.41 Å². The molecule has 2 unspecified atom stereocenters.